The highest BCUT2D eigenvalue weighted by Crippen LogP contribution is 2.41. The Morgan fingerprint density at radius 3 is 1.48 bits per heavy atom. The van der Waals surface area contributed by atoms with E-state index in [0.29, 0.717) is 0 Å². The molecule has 1 nitrogen and oxygen atoms in total. The molecule has 2 heteroatoms. The Labute approximate surface area is 284 Å². The lowest BCUT2D eigenvalue weighted by molar-refractivity contribution is 1.30. The normalized spacial score (nSPS) is 11.3. The number of fused-ring (bicyclic) bond motifs is 4. The second-order valence-corrected chi connectivity index (χ2v) is 13.3. The van der Waals surface area contributed by atoms with Crippen molar-refractivity contribution >= 4 is 59.3 Å². The van der Waals surface area contributed by atoms with Crippen molar-refractivity contribution in [3.63, 3.8) is 0 Å². The number of thiophene rings is 1. The molecule has 0 spiro atoms. The molecule has 0 amide bonds. The smallest absolute Gasteiger partial charge is 0.0540 e. The number of hydrogen-bond acceptors (Lipinski definition) is 2. The van der Waals surface area contributed by atoms with Crippen molar-refractivity contribution < 1.29 is 0 Å². The minimum Gasteiger partial charge on any atom is -0.310 e. The standard InChI is InChI=1S/C46H31NS/c1-2-9-32(10-3-1)33-17-19-34(20-18-33)35-21-26-39(27-22-35)47(44-15-8-12-37-11-4-5-13-41(37)44)40-28-23-36(24-29-40)38-25-30-46-43(31-38)42-14-6-7-16-45(42)48-46/h1-31H. The van der Waals surface area contributed by atoms with E-state index in [2.05, 4.69) is 193 Å². The first-order valence-electron chi connectivity index (χ1n) is 16.3. The van der Waals surface area contributed by atoms with Gasteiger partial charge in [0, 0.05) is 36.9 Å². The van der Waals surface area contributed by atoms with Crippen LogP contribution >= 0.6 is 11.3 Å². The lowest BCUT2D eigenvalue weighted by Gasteiger charge is -2.27. The Bertz CT molecular complexity index is 2520. The molecule has 0 aliphatic rings. The predicted octanol–water partition coefficient (Wildman–Crippen LogP) is 13.7. The molecule has 0 aliphatic heterocycles. The Hall–Kier alpha value is -5.96. The fourth-order valence-corrected chi connectivity index (χ4v) is 7.91. The van der Waals surface area contributed by atoms with Gasteiger partial charge >= 0.3 is 0 Å². The van der Waals surface area contributed by atoms with Crippen LogP contribution < -0.4 is 4.90 Å². The van der Waals surface area contributed by atoms with Gasteiger partial charge in [-0.1, -0.05) is 140 Å². The van der Waals surface area contributed by atoms with Crippen LogP contribution in [0.25, 0.3) is 64.3 Å². The number of nitrogens with zero attached hydrogens (tertiary/aromatic N) is 1. The van der Waals surface area contributed by atoms with E-state index < -0.39 is 0 Å². The van der Waals surface area contributed by atoms with Crippen molar-refractivity contribution in [2.75, 3.05) is 4.90 Å². The quantitative estimate of drug-likeness (QED) is 0.177. The lowest BCUT2D eigenvalue weighted by Crippen LogP contribution is -2.10. The van der Waals surface area contributed by atoms with Gasteiger partial charge in [0.25, 0.3) is 0 Å². The van der Waals surface area contributed by atoms with E-state index in [4.69, 9.17) is 0 Å². The van der Waals surface area contributed by atoms with Gasteiger partial charge in [0.05, 0.1) is 5.69 Å². The van der Waals surface area contributed by atoms with E-state index in [-0.39, 0.29) is 0 Å². The highest BCUT2D eigenvalue weighted by Gasteiger charge is 2.16. The SMILES string of the molecule is c1ccc(-c2ccc(-c3ccc(N(c4ccc(-c5ccc6sc7ccccc7c6c5)cc4)c4cccc5ccccc45)cc3)cc2)cc1. The third-order valence-electron chi connectivity index (χ3n) is 9.29. The molecule has 226 valence electrons. The molecule has 9 aromatic rings. The van der Waals surface area contributed by atoms with Crippen LogP contribution in [0.1, 0.15) is 0 Å². The molecule has 0 N–H and O–H groups in total. The molecule has 0 atom stereocenters. The van der Waals surface area contributed by atoms with Gasteiger partial charge < -0.3 is 4.90 Å². The lowest BCUT2D eigenvalue weighted by atomic mass is 9.99. The minimum atomic E-state index is 1.12. The summed E-state index contributed by atoms with van der Waals surface area (Å²) < 4.78 is 2.66. The van der Waals surface area contributed by atoms with Crippen LogP contribution in [0.4, 0.5) is 17.1 Å². The Morgan fingerprint density at radius 2 is 0.792 bits per heavy atom. The van der Waals surface area contributed by atoms with E-state index in [1.54, 1.807) is 0 Å². The molecule has 1 aromatic heterocycles. The van der Waals surface area contributed by atoms with E-state index >= 15 is 0 Å². The number of benzene rings is 8. The maximum absolute atomic E-state index is 2.38. The Morgan fingerprint density at radius 1 is 0.312 bits per heavy atom. The molecule has 0 unspecified atom stereocenters. The highest BCUT2D eigenvalue weighted by molar-refractivity contribution is 7.25. The topological polar surface area (TPSA) is 3.24 Å². The zero-order chi connectivity index (χ0) is 31.9. The number of hydrogen-bond donors (Lipinski definition) is 0. The third-order valence-corrected chi connectivity index (χ3v) is 10.4. The summed E-state index contributed by atoms with van der Waals surface area (Å²) in [4.78, 5) is 2.38. The molecule has 0 radical (unpaired) electrons. The molecule has 9 rings (SSSR count). The van der Waals surface area contributed by atoms with E-state index in [0.717, 1.165) is 17.1 Å². The van der Waals surface area contributed by atoms with Crippen molar-refractivity contribution in [1.82, 2.24) is 0 Å². The summed E-state index contributed by atoms with van der Waals surface area (Å²) in [6.07, 6.45) is 0. The van der Waals surface area contributed by atoms with Gasteiger partial charge in [-0.2, -0.15) is 0 Å². The maximum Gasteiger partial charge on any atom is 0.0540 e. The first-order chi connectivity index (χ1) is 23.8. The van der Waals surface area contributed by atoms with E-state index in [1.165, 1.54) is 64.3 Å². The first kappa shape index (κ1) is 28.3. The summed E-state index contributed by atoms with van der Waals surface area (Å²) in [5.74, 6) is 0. The molecule has 0 aliphatic carbocycles. The summed E-state index contributed by atoms with van der Waals surface area (Å²) >= 11 is 1.86. The van der Waals surface area contributed by atoms with Crippen molar-refractivity contribution in [2.45, 2.75) is 0 Å². The van der Waals surface area contributed by atoms with Crippen molar-refractivity contribution in [1.29, 1.82) is 0 Å². The molecular weight excluding hydrogens is 599 g/mol. The highest BCUT2D eigenvalue weighted by atomic mass is 32.1. The van der Waals surface area contributed by atoms with Gasteiger partial charge in [0.1, 0.15) is 0 Å². The molecule has 0 bridgehead atoms. The summed E-state index contributed by atoms with van der Waals surface area (Å²) in [6, 6.07) is 68.1. The number of anilines is 3. The molecule has 8 aromatic carbocycles. The average molecular weight is 630 g/mol. The summed E-state index contributed by atoms with van der Waals surface area (Å²) in [5.41, 5.74) is 10.7. The van der Waals surface area contributed by atoms with Gasteiger partial charge in [-0.05, 0) is 87.3 Å². The third kappa shape index (κ3) is 5.13. The summed E-state index contributed by atoms with van der Waals surface area (Å²) in [5, 5.41) is 5.10. The van der Waals surface area contributed by atoms with Crippen molar-refractivity contribution in [3.8, 4) is 33.4 Å². The zero-order valence-corrected chi connectivity index (χ0v) is 27.1. The monoisotopic (exact) mass is 629 g/mol. The van der Waals surface area contributed by atoms with E-state index in [1.807, 2.05) is 11.3 Å². The predicted molar refractivity (Wildman–Crippen MR) is 208 cm³/mol. The molecular formula is C46H31NS. The minimum absolute atomic E-state index is 1.12. The molecule has 0 saturated heterocycles. The molecule has 1 heterocycles. The maximum atomic E-state index is 2.38. The van der Waals surface area contributed by atoms with Crippen LogP contribution in [0.15, 0.2) is 188 Å². The first-order valence-corrected chi connectivity index (χ1v) is 17.2. The fraction of sp³-hybridized carbons (Fsp3) is 0. The summed E-state index contributed by atoms with van der Waals surface area (Å²) in [7, 11) is 0. The van der Waals surface area contributed by atoms with Crippen LogP contribution in [-0.2, 0) is 0 Å². The summed E-state index contributed by atoms with van der Waals surface area (Å²) in [6.45, 7) is 0. The van der Waals surface area contributed by atoms with Crippen LogP contribution in [0.3, 0.4) is 0 Å². The van der Waals surface area contributed by atoms with E-state index in [9.17, 15) is 0 Å². The van der Waals surface area contributed by atoms with Gasteiger partial charge in [-0.15, -0.1) is 11.3 Å². The molecule has 0 fully saturated rings. The Kier molecular flexibility index (Phi) is 7.07. The largest absolute Gasteiger partial charge is 0.310 e. The Balaban J connectivity index is 1.09. The average Bonchev–Trinajstić information content (AvgIpc) is 3.54. The van der Waals surface area contributed by atoms with Gasteiger partial charge in [-0.3, -0.25) is 0 Å². The second-order valence-electron chi connectivity index (χ2n) is 12.2. The van der Waals surface area contributed by atoms with Crippen LogP contribution in [0.5, 0.6) is 0 Å². The second kappa shape index (κ2) is 12.0. The van der Waals surface area contributed by atoms with Gasteiger partial charge in [0.2, 0.25) is 0 Å². The van der Waals surface area contributed by atoms with Crippen molar-refractivity contribution in [2.24, 2.45) is 0 Å². The van der Waals surface area contributed by atoms with Gasteiger partial charge in [0.15, 0.2) is 0 Å². The van der Waals surface area contributed by atoms with Crippen LogP contribution in [-0.4, -0.2) is 0 Å². The van der Waals surface area contributed by atoms with Gasteiger partial charge in [-0.25, -0.2) is 0 Å². The van der Waals surface area contributed by atoms with Crippen molar-refractivity contribution in [3.05, 3.63) is 188 Å². The molecule has 48 heavy (non-hydrogen) atoms. The van der Waals surface area contributed by atoms with Crippen LogP contribution in [0, 0.1) is 0 Å². The number of rotatable bonds is 6. The van der Waals surface area contributed by atoms with Crippen LogP contribution in [0.2, 0.25) is 0 Å². The zero-order valence-electron chi connectivity index (χ0n) is 26.3. The molecule has 0 saturated carbocycles. The fourth-order valence-electron chi connectivity index (χ4n) is 6.83.